The van der Waals surface area contributed by atoms with Crippen LogP contribution in [0.1, 0.15) is 6.92 Å². The maximum absolute atomic E-state index is 10.9. The van der Waals surface area contributed by atoms with Crippen LogP contribution in [0.15, 0.2) is 0 Å². The van der Waals surface area contributed by atoms with E-state index in [-0.39, 0.29) is 18.7 Å². The van der Waals surface area contributed by atoms with Crippen molar-refractivity contribution in [2.24, 2.45) is 0 Å². The van der Waals surface area contributed by atoms with Crippen LogP contribution >= 0.6 is 0 Å². The van der Waals surface area contributed by atoms with E-state index < -0.39 is 0 Å². The third-order valence-corrected chi connectivity index (χ3v) is 1.44. The summed E-state index contributed by atoms with van der Waals surface area (Å²) in [6.45, 7) is 1.67. The molecule has 2 N–H and O–H groups in total. The highest BCUT2D eigenvalue weighted by Crippen LogP contribution is 1.93. The van der Waals surface area contributed by atoms with Crippen molar-refractivity contribution in [3.63, 3.8) is 0 Å². The number of aliphatic hydroxyl groups is 1. The molecule has 0 aromatic rings. The van der Waals surface area contributed by atoms with Crippen LogP contribution in [0.2, 0.25) is 0 Å². The van der Waals surface area contributed by atoms with Crippen LogP contribution < -0.4 is 5.48 Å². The Hall–Kier alpha value is -0.810. The van der Waals surface area contributed by atoms with E-state index in [0.29, 0.717) is 0 Å². The quantitative estimate of drug-likeness (QED) is 0.553. The topological polar surface area (TPSA) is 61.8 Å². The number of nitrogens with zero attached hydrogens (tertiary/aromatic N) is 1. The molecule has 0 radical (unpaired) electrons. The summed E-state index contributed by atoms with van der Waals surface area (Å²) >= 11 is 0. The first kappa shape index (κ1) is 10.2. The lowest BCUT2D eigenvalue weighted by Gasteiger charge is -2.22. The van der Waals surface area contributed by atoms with E-state index in [2.05, 4.69) is 10.3 Å². The second kappa shape index (κ2) is 4.92. The minimum Gasteiger partial charge on any atom is -0.394 e. The van der Waals surface area contributed by atoms with E-state index in [4.69, 9.17) is 5.11 Å². The second-order valence-electron chi connectivity index (χ2n) is 2.25. The number of carbonyl (C=O) groups excluding carboxylic acids is 1. The number of likely N-dealkylation sites (N-methyl/N-ethyl adjacent to an activating group) is 1. The van der Waals surface area contributed by atoms with Crippen LogP contribution in [0.3, 0.4) is 0 Å². The number of rotatable bonds is 3. The number of nitrogens with one attached hydrogen (secondary N) is 1. The Bertz CT molecular complexity index is 129. The molecule has 0 unspecified atom stereocenters. The molecule has 0 aliphatic rings. The van der Waals surface area contributed by atoms with Crippen LogP contribution in [0.5, 0.6) is 0 Å². The Labute approximate surface area is 65.9 Å². The van der Waals surface area contributed by atoms with Gasteiger partial charge in [0.15, 0.2) is 0 Å². The number of amides is 2. The average molecular weight is 162 g/mol. The summed E-state index contributed by atoms with van der Waals surface area (Å²) in [5.41, 5.74) is 2.14. The summed E-state index contributed by atoms with van der Waals surface area (Å²) in [4.78, 5) is 16.7. The summed E-state index contributed by atoms with van der Waals surface area (Å²) in [6.07, 6.45) is 0. The molecular weight excluding hydrogens is 148 g/mol. The fourth-order valence-electron chi connectivity index (χ4n) is 0.482. The highest BCUT2D eigenvalue weighted by atomic mass is 16.6. The molecule has 0 saturated carbocycles. The molecule has 66 valence electrons. The number of hydrogen-bond acceptors (Lipinski definition) is 3. The lowest BCUT2D eigenvalue weighted by molar-refractivity contribution is 0.0780. The summed E-state index contributed by atoms with van der Waals surface area (Å²) in [5, 5.41) is 8.66. The Balaban J connectivity index is 3.80. The zero-order valence-corrected chi connectivity index (χ0v) is 7.00. The SMILES string of the molecule is CONC(=O)N(C)[C@@H](C)CO. The van der Waals surface area contributed by atoms with Crippen LogP contribution in [0.4, 0.5) is 4.79 Å². The first-order valence-electron chi connectivity index (χ1n) is 3.30. The highest BCUT2D eigenvalue weighted by molar-refractivity contribution is 5.72. The predicted molar refractivity (Wildman–Crippen MR) is 39.9 cm³/mol. The van der Waals surface area contributed by atoms with Crippen LogP contribution in [0.25, 0.3) is 0 Å². The van der Waals surface area contributed by atoms with Crippen molar-refractivity contribution in [2.45, 2.75) is 13.0 Å². The van der Waals surface area contributed by atoms with Gasteiger partial charge in [-0.15, -0.1) is 0 Å². The maximum atomic E-state index is 10.9. The van der Waals surface area contributed by atoms with Gasteiger partial charge in [-0.1, -0.05) is 0 Å². The smallest absolute Gasteiger partial charge is 0.341 e. The summed E-state index contributed by atoms with van der Waals surface area (Å²) in [6, 6.07) is -0.570. The zero-order chi connectivity index (χ0) is 8.85. The zero-order valence-electron chi connectivity index (χ0n) is 7.00. The maximum Gasteiger partial charge on any atom is 0.341 e. The molecule has 11 heavy (non-hydrogen) atoms. The van der Waals surface area contributed by atoms with E-state index in [1.807, 2.05) is 0 Å². The fraction of sp³-hybridized carbons (Fsp3) is 0.833. The first-order valence-corrected chi connectivity index (χ1v) is 3.30. The van der Waals surface area contributed by atoms with Gasteiger partial charge < -0.3 is 10.0 Å². The number of hydroxylamine groups is 1. The number of urea groups is 1. The highest BCUT2D eigenvalue weighted by Gasteiger charge is 2.13. The van der Waals surface area contributed by atoms with Gasteiger partial charge in [0.2, 0.25) is 0 Å². The molecule has 0 aliphatic heterocycles. The van der Waals surface area contributed by atoms with Gasteiger partial charge in [-0.2, -0.15) is 0 Å². The van der Waals surface area contributed by atoms with Gasteiger partial charge in [0.1, 0.15) is 0 Å². The molecule has 0 aromatic heterocycles. The van der Waals surface area contributed by atoms with Gasteiger partial charge in [-0.25, -0.2) is 10.3 Å². The molecule has 0 rings (SSSR count). The van der Waals surface area contributed by atoms with Crippen LogP contribution in [-0.2, 0) is 4.84 Å². The molecule has 0 fully saturated rings. The first-order chi connectivity index (χ1) is 5.13. The summed E-state index contributed by atoms with van der Waals surface area (Å²) in [5.74, 6) is 0. The van der Waals surface area contributed by atoms with E-state index in [9.17, 15) is 4.79 Å². The Morgan fingerprint density at radius 1 is 1.82 bits per heavy atom. The number of hydrogen-bond donors (Lipinski definition) is 2. The van der Waals surface area contributed by atoms with E-state index in [0.717, 1.165) is 0 Å². The van der Waals surface area contributed by atoms with Crippen molar-refractivity contribution in [1.29, 1.82) is 0 Å². The van der Waals surface area contributed by atoms with Crippen LogP contribution in [-0.4, -0.2) is 42.8 Å². The molecule has 2 amide bonds. The number of carbonyl (C=O) groups is 1. The van der Waals surface area contributed by atoms with Gasteiger partial charge in [0.05, 0.1) is 19.8 Å². The lowest BCUT2D eigenvalue weighted by atomic mass is 10.3. The standard InChI is InChI=1S/C6H14N2O3/c1-5(4-9)8(2)6(10)7-11-3/h5,9H,4H2,1-3H3,(H,7,10)/t5-/m0/s1. The Morgan fingerprint density at radius 2 is 2.36 bits per heavy atom. The minimum atomic E-state index is -0.367. The van der Waals surface area contributed by atoms with Gasteiger partial charge in [0.25, 0.3) is 0 Å². The molecule has 0 heterocycles. The molecule has 0 aliphatic carbocycles. The monoisotopic (exact) mass is 162 g/mol. The third kappa shape index (κ3) is 3.20. The lowest BCUT2D eigenvalue weighted by Crippen LogP contribution is -2.43. The molecule has 0 bridgehead atoms. The minimum absolute atomic E-state index is 0.0619. The van der Waals surface area contributed by atoms with Gasteiger partial charge >= 0.3 is 6.03 Å². The molecule has 1 atom stereocenters. The van der Waals surface area contributed by atoms with Gasteiger partial charge in [-0.05, 0) is 6.92 Å². The van der Waals surface area contributed by atoms with Crippen molar-refractivity contribution in [2.75, 3.05) is 20.8 Å². The normalized spacial score (nSPS) is 12.4. The molecular formula is C6H14N2O3. The Morgan fingerprint density at radius 3 is 2.73 bits per heavy atom. The van der Waals surface area contributed by atoms with E-state index >= 15 is 0 Å². The van der Waals surface area contributed by atoms with E-state index in [1.165, 1.54) is 12.0 Å². The van der Waals surface area contributed by atoms with Gasteiger partial charge in [-0.3, -0.25) is 4.84 Å². The van der Waals surface area contributed by atoms with Crippen molar-refractivity contribution in [1.82, 2.24) is 10.4 Å². The Kier molecular flexibility index (Phi) is 4.56. The van der Waals surface area contributed by atoms with Crippen molar-refractivity contribution in [3.8, 4) is 0 Å². The summed E-state index contributed by atoms with van der Waals surface area (Å²) in [7, 11) is 2.94. The average Bonchev–Trinajstić information content (AvgIpc) is 2.02. The molecule has 0 saturated heterocycles. The van der Waals surface area contributed by atoms with E-state index in [1.54, 1.807) is 14.0 Å². The van der Waals surface area contributed by atoms with Gasteiger partial charge in [0, 0.05) is 7.05 Å². The fourth-order valence-corrected chi connectivity index (χ4v) is 0.482. The van der Waals surface area contributed by atoms with Crippen molar-refractivity contribution >= 4 is 6.03 Å². The summed E-state index contributed by atoms with van der Waals surface area (Å²) < 4.78 is 0. The molecule has 0 aromatic carbocycles. The molecule has 5 nitrogen and oxygen atoms in total. The third-order valence-electron chi connectivity index (χ3n) is 1.44. The predicted octanol–water partition coefficient (Wildman–Crippen LogP) is -0.430. The van der Waals surface area contributed by atoms with Crippen molar-refractivity contribution in [3.05, 3.63) is 0 Å². The number of aliphatic hydroxyl groups excluding tert-OH is 1. The largest absolute Gasteiger partial charge is 0.394 e. The molecule has 5 heteroatoms. The van der Waals surface area contributed by atoms with Crippen LogP contribution in [0, 0.1) is 0 Å². The molecule has 0 spiro atoms. The van der Waals surface area contributed by atoms with Crippen molar-refractivity contribution < 1.29 is 14.7 Å². The second-order valence-corrected chi connectivity index (χ2v) is 2.25.